The Morgan fingerprint density at radius 1 is 1.05 bits per heavy atom. The number of piperidine rings is 1. The maximum absolute atomic E-state index is 12.7. The molecule has 192 valence electrons. The standard InChI is InChI=1S/C28H31N5O4/c29-22-8-5-19(6-9-22)11-14-30-27(34)20-7-10-26(24(17-20)31-36)32-15-12-23(13-16-32)33-25-4-2-1-3-21(25)18-37-28(33)35/h1-10,17,23H,11-16,18,29,31H2,(H,30,34). The molecule has 37 heavy (non-hydrogen) atoms. The van der Waals surface area contributed by atoms with Crippen LogP contribution in [0.1, 0.15) is 34.3 Å². The zero-order valence-electron chi connectivity index (χ0n) is 20.6. The van der Waals surface area contributed by atoms with Crippen LogP contribution in [0.2, 0.25) is 0 Å². The Labute approximate surface area is 215 Å². The van der Waals surface area contributed by atoms with Gasteiger partial charge in [0.05, 0.1) is 11.4 Å². The summed E-state index contributed by atoms with van der Waals surface area (Å²) in [6, 6.07) is 20.7. The van der Waals surface area contributed by atoms with Crippen molar-refractivity contribution in [2.75, 3.05) is 35.2 Å². The summed E-state index contributed by atoms with van der Waals surface area (Å²) in [6.45, 7) is 2.15. The molecule has 9 heteroatoms. The van der Waals surface area contributed by atoms with E-state index in [1.54, 1.807) is 17.0 Å². The summed E-state index contributed by atoms with van der Waals surface area (Å²) in [7, 11) is 0. The number of carbonyl (C=O) groups is 2. The van der Waals surface area contributed by atoms with E-state index in [-0.39, 0.29) is 18.0 Å². The van der Waals surface area contributed by atoms with Gasteiger partial charge in [-0.15, -0.1) is 0 Å². The van der Waals surface area contributed by atoms with Gasteiger partial charge in [-0.05, 0) is 55.2 Å². The molecule has 0 aromatic heterocycles. The molecule has 0 spiro atoms. The summed E-state index contributed by atoms with van der Waals surface area (Å²) >= 11 is 0. The number of hydrogen-bond acceptors (Lipinski definition) is 6. The fraction of sp³-hybridized carbons (Fsp3) is 0.286. The zero-order chi connectivity index (χ0) is 25.8. The first kappa shape index (κ1) is 24.6. The number of rotatable bonds is 7. The minimum Gasteiger partial charge on any atom is -0.630 e. The van der Waals surface area contributed by atoms with Crippen molar-refractivity contribution in [3.63, 3.8) is 0 Å². The highest BCUT2D eigenvalue weighted by Gasteiger charge is 2.34. The van der Waals surface area contributed by atoms with Gasteiger partial charge in [0, 0.05) is 48.6 Å². The number of amides is 2. The molecule has 2 aliphatic heterocycles. The molecule has 2 heterocycles. The second-order valence-electron chi connectivity index (χ2n) is 9.41. The molecule has 0 aliphatic carbocycles. The van der Waals surface area contributed by atoms with Gasteiger partial charge in [0.15, 0.2) is 5.69 Å². The van der Waals surface area contributed by atoms with E-state index in [0.717, 1.165) is 40.8 Å². The van der Waals surface area contributed by atoms with Crippen LogP contribution in [0.4, 0.5) is 27.5 Å². The van der Waals surface area contributed by atoms with Crippen LogP contribution in [-0.4, -0.2) is 37.7 Å². The lowest BCUT2D eigenvalue weighted by atomic mass is 9.99. The predicted molar refractivity (Wildman–Crippen MR) is 143 cm³/mol. The normalized spacial score (nSPS) is 15.8. The number of cyclic esters (lactones) is 1. The summed E-state index contributed by atoms with van der Waals surface area (Å²) in [4.78, 5) is 29.2. The maximum Gasteiger partial charge on any atom is 0.414 e. The molecule has 5 rings (SSSR count). The second kappa shape index (κ2) is 10.9. The molecule has 1 fully saturated rings. The van der Waals surface area contributed by atoms with E-state index < -0.39 is 0 Å². The molecule has 0 bridgehead atoms. The highest BCUT2D eigenvalue weighted by molar-refractivity contribution is 5.95. The van der Waals surface area contributed by atoms with Crippen molar-refractivity contribution >= 4 is 34.7 Å². The Balaban J connectivity index is 1.20. The molecule has 3 aromatic rings. The highest BCUT2D eigenvalue weighted by atomic mass is 16.6. The third kappa shape index (κ3) is 5.37. The van der Waals surface area contributed by atoms with E-state index in [4.69, 9.17) is 10.5 Å². The van der Waals surface area contributed by atoms with Gasteiger partial charge < -0.3 is 31.4 Å². The minimum atomic E-state index is -0.308. The Hall–Kier alpha value is -4.08. The number of anilines is 3. The molecule has 2 aliphatic rings. The summed E-state index contributed by atoms with van der Waals surface area (Å²) < 4.78 is 5.40. The van der Waals surface area contributed by atoms with Gasteiger partial charge in [0.2, 0.25) is 0 Å². The Bertz CT molecular complexity index is 1270. The molecule has 0 unspecified atom stereocenters. The fourth-order valence-electron chi connectivity index (χ4n) is 5.07. The molecule has 0 saturated carbocycles. The number of para-hydroxylation sites is 1. The molecule has 2 amide bonds. The molecule has 3 aromatic carbocycles. The number of ether oxygens (including phenoxy) is 1. The van der Waals surface area contributed by atoms with Gasteiger partial charge in [-0.1, -0.05) is 30.3 Å². The second-order valence-corrected chi connectivity index (χ2v) is 9.41. The smallest absolute Gasteiger partial charge is 0.414 e. The van der Waals surface area contributed by atoms with Crippen LogP contribution < -0.4 is 26.3 Å². The number of nitrogens with zero attached hydrogens (tertiary/aromatic N) is 2. The van der Waals surface area contributed by atoms with Crippen molar-refractivity contribution in [2.45, 2.75) is 31.9 Å². The average Bonchev–Trinajstić information content (AvgIpc) is 2.94. The van der Waals surface area contributed by atoms with E-state index in [2.05, 4.69) is 10.2 Å². The first-order valence-corrected chi connectivity index (χ1v) is 12.5. The largest absolute Gasteiger partial charge is 0.630 e. The third-order valence-electron chi connectivity index (χ3n) is 7.06. The van der Waals surface area contributed by atoms with E-state index in [9.17, 15) is 14.8 Å². The van der Waals surface area contributed by atoms with E-state index >= 15 is 0 Å². The van der Waals surface area contributed by atoms with Gasteiger partial charge in [-0.25, -0.2) is 4.79 Å². The SMILES string of the molecule is Nc1ccc(CCNC(=O)c2ccc(N3CCC(N4C(=O)OCc5ccccc54)CC3)c([NH2+][O-])c2)cc1. The zero-order valence-corrected chi connectivity index (χ0v) is 20.6. The van der Waals surface area contributed by atoms with Gasteiger partial charge in [-0.2, -0.15) is 0 Å². The molecular formula is C28H31N5O4. The van der Waals surface area contributed by atoms with Crippen molar-refractivity contribution in [3.05, 3.63) is 88.6 Å². The lowest BCUT2D eigenvalue weighted by Gasteiger charge is -2.41. The summed E-state index contributed by atoms with van der Waals surface area (Å²) in [6.07, 6.45) is 1.87. The first-order chi connectivity index (χ1) is 18.0. The molecule has 1 saturated heterocycles. The van der Waals surface area contributed by atoms with Crippen molar-refractivity contribution in [3.8, 4) is 0 Å². The number of nitrogens with two attached hydrogens (primary N) is 2. The molecule has 0 radical (unpaired) electrons. The topological polar surface area (TPSA) is 128 Å². The minimum absolute atomic E-state index is 0.0241. The number of hydrogen-bond donors (Lipinski definition) is 3. The molecular weight excluding hydrogens is 470 g/mol. The number of fused-ring (bicyclic) bond motifs is 1. The molecule has 9 nitrogen and oxygen atoms in total. The molecule has 5 N–H and O–H groups in total. The Morgan fingerprint density at radius 2 is 1.81 bits per heavy atom. The van der Waals surface area contributed by atoms with Crippen molar-refractivity contribution in [1.29, 1.82) is 0 Å². The van der Waals surface area contributed by atoms with Gasteiger partial charge in [-0.3, -0.25) is 9.69 Å². The van der Waals surface area contributed by atoms with Gasteiger partial charge in [0.25, 0.3) is 5.91 Å². The Kier molecular flexibility index (Phi) is 7.25. The number of carbonyl (C=O) groups excluding carboxylic acids is 2. The van der Waals surface area contributed by atoms with Crippen LogP contribution >= 0.6 is 0 Å². The summed E-state index contributed by atoms with van der Waals surface area (Å²) in [5, 5.41) is 14.8. The lowest BCUT2D eigenvalue weighted by Crippen LogP contribution is -2.70. The van der Waals surface area contributed by atoms with Crippen LogP contribution in [-0.2, 0) is 17.8 Å². The first-order valence-electron chi connectivity index (χ1n) is 12.5. The highest BCUT2D eigenvalue weighted by Crippen LogP contribution is 2.33. The number of nitrogens with one attached hydrogen (secondary N) is 1. The lowest BCUT2D eigenvalue weighted by molar-refractivity contribution is -0.496. The average molecular weight is 502 g/mol. The maximum atomic E-state index is 12.7. The Morgan fingerprint density at radius 3 is 2.57 bits per heavy atom. The fourth-order valence-corrected chi connectivity index (χ4v) is 5.07. The summed E-state index contributed by atoms with van der Waals surface area (Å²) in [5.74, 6) is -0.217. The van der Waals surface area contributed by atoms with E-state index in [1.807, 2.05) is 54.6 Å². The van der Waals surface area contributed by atoms with Crippen LogP contribution in [0.25, 0.3) is 0 Å². The third-order valence-corrected chi connectivity index (χ3v) is 7.06. The van der Waals surface area contributed by atoms with Crippen LogP contribution in [0.5, 0.6) is 0 Å². The number of nitrogen functional groups attached to an aromatic ring is 1. The summed E-state index contributed by atoms with van der Waals surface area (Å²) in [5.41, 5.74) is 12.0. The quantitative estimate of drug-likeness (QED) is 0.337. The van der Waals surface area contributed by atoms with Gasteiger partial charge in [0.1, 0.15) is 6.61 Å². The monoisotopic (exact) mass is 501 g/mol. The number of quaternary nitrogens is 1. The van der Waals surface area contributed by atoms with Crippen LogP contribution in [0, 0.1) is 5.21 Å². The number of benzene rings is 3. The van der Waals surface area contributed by atoms with E-state index in [0.29, 0.717) is 49.6 Å². The predicted octanol–water partition coefficient (Wildman–Crippen LogP) is 3.06. The van der Waals surface area contributed by atoms with Crippen LogP contribution in [0.3, 0.4) is 0 Å². The van der Waals surface area contributed by atoms with Gasteiger partial charge >= 0.3 is 6.09 Å². The van der Waals surface area contributed by atoms with Crippen molar-refractivity contribution in [2.24, 2.45) is 0 Å². The van der Waals surface area contributed by atoms with Crippen molar-refractivity contribution in [1.82, 2.24) is 5.32 Å². The van der Waals surface area contributed by atoms with Crippen LogP contribution in [0.15, 0.2) is 66.7 Å². The molecule has 0 atom stereocenters. The van der Waals surface area contributed by atoms with Crippen molar-refractivity contribution < 1.29 is 19.8 Å². The van der Waals surface area contributed by atoms with E-state index in [1.165, 1.54) is 0 Å².